The number of carboxylic acid groups (broad SMARTS) is 1. The molecule has 3 N–H and O–H groups in total. The molecule has 2 atom stereocenters. The molecule has 2 unspecified atom stereocenters. The van der Waals surface area contributed by atoms with Crippen molar-refractivity contribution in [1.82, 2.24) is 4.90 Å². The molecule has 2 amide bonds. The summed E-state index contributed by atoms with van der Waals surface area (Å²) in [6.45, 7) is 2.55. The number of nitrogens with one attached hydrogen (secondary N) is 1. The van der Waals surface area contributed by atoms with Gasteiger partial charge in [0.15, 0.2) is 0 Å². The number of aliphatic hydroxyl groups excluding tert-OH is 1. The van der Waals surface area contributed by atoms with Gasteiger partial charge < -0.3 is 25.2 Å². The minimum absolute atomic E-state index is 0.0184. The molecule has 0 aromatic heterocycles. The van der Waals surface area contributed by atoms with Gasteiger partial charge in [0.2, 0.25) is 5.91 Å². The Labute approximate surface area is 215 Å². The van der Waals surface area contributed by atoms with E-state index < -0.39 is 12.1 Å². The molecule has 0 radical (unpaired) electrons. The van der Waals surface area contributed by atoms with Gasteiger partial charge in [-0.3, -0.25) is 14.4 Å². The van der Waals surface area contributed by atoms with E-state index in [-0.39, 0.29) is 37.2 Å². The molecule has 8 heteroatoms. The molecule has 0 aliphatic heterocycles. The molecule has 0 fully saturated rings. The second kappa shape index (κ2) is 18.5. The molecule has 0 bridgehead atoms. The zero-order valence-electron chi connectivity index (χ0n) is 22.1. The van der Waals surface area contributed by atoms with E-state index in [1.807, 2.05) is 12.2 Å². The van der Waals surface area contributed by atoms with E-state index >= 15 is 0 Å². The first-order valence-electron chi connectivity index (χ1n) is 13.0. The first kappa shape index (κ1) is 31.3. The number of nitrogens with zero attached hydrogens (tertiary/aromatic N) is 1. The predicted molar refractivity (Wildman–Crippen MR) is 142 cm³/mol. The predicted octanol–water partition coefficient (Wildman–Crippen LogP) is 4.56. The molecule has 1 aromatic carbocycles. The minimum Gasteiger partial charge on any atom is -0.481 e. The zero-order chi connectivity index (χ0) is 26.8. The topological polar surface area (TPSA) is 116 Å². The number of carboxylic acids is 1. The van der Waals surface area contributed by atoms with Crippen LogP contribution >= 0.6 is 0 Å². The lowest BCUT2D eigenvalue weighted by Crippen LogP contribution is -2.36. The summed E-state index contributed by atoms with van der Waals surface area (Å²) < 4.78 is 5.84. The molecule has 36 heavy (non-hydrogen) atoms. The molecule has 0 saturated heterocycles. The van der Waals surface area contributed by atoms with Crippen LogP contribution in [0.4, 0.5) is 5.69 Å². The van der Waals surface area contributed by atoms with Gasteiger partial charge in [-0.25, -0.2) is 0 Å². The van der Waals surface area contributed by atoms with E-state index in [2.05, 4.69) is 12.2 Å². The van der Waals surface area contributed by atoms with Crippen molar-refractivity contribution in [3.8, 4) is 0 Å². The van der Waals surface area contributed by atoms with Gasteiger partial charge in [-0.2, -0.15) is 0 Å². The quantitative estimate of drug-likeness (QED) is 0.188. The van der Waals surface area contributed by atoms with Gasteiger partial charge >= 0.3 is 5.97 Å². The Morgan fingerprint density at radius 2 is 1.81 bits per heavy atom. The van der Waals surface area contributed by atoms with Crippen LogP contribution in [0.1, 0.15) is 76.7 Å². The molecular weight excluding hydrogens is 460 g/mol. The number of likely N-dealkylation sites (N-methyl/N-ethyl adjacent to an activating group) is 1. The van der Waals surface area contributed by atoms with E-state index in [0.717, 1.165) is 50.5 Å². The van der Waals surface area contributed by atoms with Gasteiger partial charge in [0.05, 0.1) is 6.10 Å². The molecule has 0 spiro atoms. The van der Waals surface area contributed by atoms with Gasteiger partial charge in [-0.1, -0.05) is 56.5 Å². The second-order valence-corrected chi connectivity index (χ2v) is 9.22. The Morgan fingerprint density at radius 3 is 2.50 bits per heavy atom. The smallest absolute Gasteiger partial charge is 0.303 e. The Hall–Kier alpha value is -2.71. The third-order valence-corrected chi connectivity index (χ3v) is 5.80. The maximum atomic E-state index is 12.5. The average molecular weight is 505 g/mol. The van der Waals surface area contributed by atoms with Crippen LogP contribution in [0.25, 0.3) is 0 Å². The molecule has 0 aliphatic carbocycles. The number of anilines is 1. The van der Waals surface area contributed by atoms with Gasteiger partial charge in [-0.15, -0.1) is 0 Å². The highest BCUT2D eigenvalue weighted by atomic mass is 16.5. The standard InChI is InChI=1S/C28H44N2O6/c1-4-5-8-14-23(31)15-9-6-7-12-21-36-25(28(35)30(2)3)18-19-26(32)29-24-16-11-10-13-22(24)17-20-27(33)34/h9-11,13,15-16,23,25,31H,4-8,12,14,17-21H2,1-3H3,(H,29,32)(H,33,34)/b15-9+. The van der Waals surface area contributed by atoms with Crippen molar-refractivity contribution < 1.29 is 29.3 Å². The van der Waals surface area contributed by atoms with Crippen molar-refractivity contribution in [2.45, 2.75) is 89.8 Å². The molecule has 8 nitrogen and oxygen atoms in total. The summed E-state index contributed by atoms with van der Waals surface area (Å²) in [6.07, 6.45) is 10.0. The molecular formula is C28H44N2O6. The number of aliphatic hydroxyl groups is 1. The van der Waals surface area contributed by atoms with Crippen molar-refractivity contribution in [1.29, 1.82) is 0 Å². The summed E-state index contributed by atoms with van der Waals surface area (Å²) in [7, 11) is 3.32. The van der Waals surface area contributed by atoms with E-state index in [1.165, 1.54) is 4.90 Å². The number of benzene rings is 1. The van der Waals surface area contributed by atoms with Crippen LogP contribution in [0.3, 0.4) is 0 Å². The molecule has 0 aliphatic rings. The molecule has 1 rings (SSSR count). The fourth-order valence-corrected chi connectivity index (χ4v) is 3.69. The van der Waals surface area contributed by atoms with Crippen molar-refractivity contribution in [3.05, 3.63) is 42.0 Å². The van der Waals surface area contributed by atoms with Gasteiger partial charge in [-0.05, 0) is 50.2 Å². The summed E-state index contributed by atoms with van der Waals surface area (Å²) in [5.41, 5.74) is 1.34. The van der Waals surface area contributed by atoms with Crippen LogP contribution < -0.4 is 5.32 Å². The first-order chi connectivity index (χ1) is 17.2. The summed E-state index contributed by atoms with van der Waals surface area (Å²) in [5, 5.41) is 21.7. The first-order valence-corrected chi connectivity index (χ1v) is 13.0. The normalized spacial score (nSPS) is 12.9. The van der Waals surface area contributed by atoms with Crippen molar-refractivity contribution in [3.63, 3.8) is 0 Å². The van der Waals surface area contributed by atoms with Gasteiger partial charge in [0.1, 0.15) is 6.10 Å². The summed E-state index contributed by atoms with van der Waals surface area (Å²) in [5.74, 6) is -1.32. The average Bonchev–Trinajstić information content (AvgIpc) is 2.84. The number of amides is 2. The minimum atomic E-state index is -0.894. The molecule has 0 heterocycles. The number of carbonyl (C=O) groups is 3. The monoisotopic (exact) mass is 504 g/mol. The van der Waals surface area contributed by atoms with Crippen LogP contribution in [0.15, 0.2) is 36.4 Å². The Bertz CT molecular complexity index is 824. The Balaban J connectivity index is 2.46. The number of ether oxygens (including phenoxy) is 1. The third kappa shape index (κ3) is 14.0. The number of aliphatic carboxylic acids is 1. The van der Waals surface area contributed by atoms with Gasteiger partial charge in [0.25, 0.3) is 5.91 Å². The number of rotatable bonds is 19. The maximum absolute atomic E-state index is 12.5. The van der Waals surface area contributed by atoms with Crippen LogP contribution in [0.2, 0.25) is 0 Å². The molecule has 1 aromatic rings. The fraction of sp³-hybridized carbons (Fsp3) is 0.607. The molecule has 202 valence electrons. The fourth-order valence-electron chi connectivity index (χ4n) is 3.69. The van der Waals surface area contributed by atoms with Gasteiger partial charge in [0, 0.05) is 39.2 Å². The van der Waals surface area contributed by atoms with Crippen molar-refractivity contribution >= 4 is 23.5 Å². The Kier molecular flexibility index (Phi) is 16.1. The van der Waals surface area contributed by atoms with Crippen LogP contribution in [-0.4, -0.2) is 65.8 Å². The zero-order valence-corrected chi connectivity index (χ0v) is 22.1. The van der Waals surface area contributed by atoms with E-state index in [4.69, 9.17) is 9.84 Å². The van der Waals surface area contributed by atoms with E-state index in [9.17, 15) is 19.5 Å². The number of carbonyl (C=O) groups excluding carboxylic acids is 2. The van der Waals surface area contributed by atoms with Crippen molar-refractivity contribution in [2.24, 2.45) is 0 Å². The summed E-state index contributed by atoms with van der Waals surface area (Å²) in [4.78, 5) is 37.4. The number of hydrogen-bond acceptors (Lipinski definition) is 5. The summed E-state index contributed by atoms with van der Waals surface area (Å²) in [6, 6.07) is 7.12. The largest absolute Gasteiger partial charge is 0.481 e. The van der Waals surface area contributed by atoms with Crippen molar-refractivity contribution in [2.75, 3.05) is 26.0 Å². The van der Waals surface area contributed by atoms with E-state index in [0.29, 0.717) is 18.7 Å². The third-order valence-electron chi connectivity index (χ3n) is 5.80. The lowest BCUT2D eigenvalue weighted by molar-refractivity contribution is -0.142. The number of aryl methyl sites for hydroxylation is 1. The van der Waals surface area contributed by atoms with Crippen LogP contribution in [-0.2, 0) is 25.5 Å². The van der Waals surface area contributed by atoms with Crippen LogP contribution in [0.5, 0.6) is 0 Å². The number of unbranched alkanes of at least 4 members (excludes halogenated alkanes) is 4. The lowest BCUT2D eigenvalue weighted by atomic mass is 10.1. The highest BCUT2D eigenvalue weighted by Gasteiger charge is 2.22. The number of allylic oxidation sites excluding steroid dienone is 1. The lowest BCUT2D eigenvalue weighted by Gasteiger charge is -2.21. The number of hydrogen-bond donors (Lipinski definition) is 3. The maximum Gasteiger partial charge on any atom is 0.303 e. The highest BCUT2D eigenvalue weighted by molar-refractivity contribution is 5.92. The SMILES string of the molecule is CCCCCC(O)/C=C/CCCCOC(CCC(=O)Nc1ccccc1CCC(=O)O)C(=O)N(C)C. The van der Waals surface area contributed by atoms with Crippen LogP contribution in [0, 0.1) is 0 Å². The highest BCUT2D eigenvalue weighted by Crippen LogP contribution is 2.18. The summed E-state index contributed by atoms with van der Waals surface area (Å²) >= 11 is 0. The van der Waals surface area contributed by atoms with E-state index in [1.54, 1.807) is 38.4 Å². The molecule has 0 saturated carbocycles. The second-order valence-electron chi connectivity index (χ2n) is 9.22. The Morgan fingerprint density at radius 1 is 1.06 bits per heavy atom. The number of para-hydroxylation sites is 1.